The summed E-state index contributed by atoms with van der Waals surface area (Å²) in [5.74, 6) is -0.262. The highest BCUT2D eigenvalue weighted by atomic mass is 31.0. The Morgan fingerprint density at radius 3 is 2.71 bits per heavy atom. The third-order valence-electron chi connectivity index (χ3n) is 0.346. The van der Waals surface area contributed by atoms with E-state index in [-0.39, 0.29) is 5.97 Å². The Bertz CT molecular complexity index is 66.0. The number of rotatable bonds is 2. The summed E-state index contributed by atoms with van der Waals surface area (Å²) in [5, 5.41) is 0. The van der Waals surface area contributed by atoms with Crippen molar-refractivity contribution in [1.82, 2.24) is 0 Å². The van der Waals surface area contributed by atoms with E-state index < -0.39 is 0 Å². The standard InChI is InChI=1S/C3H7BO2P/c1-3(5)6-4-2-7/h2,7H2,1H3. The van der Waals surface area contributed by atoms with E-state index >= 15 is 0 Å². The van der Waals surface area contributed by atoms with Crippen LogP contribution in [0.2, 0.25) is 0 Å². The molecule has 0 aromatic rings. The molecule has 1 atom stereocenters. The van der Waals surface area contributed by atoms with Gasteiger partial charge >= 0.3 is 7.48 Å². The summed E-state index contributed by atoms with van der Waals surface area (Å²) in [6, 6.07) is 0.694. The van der Waals surface area contributed by atoms with Crippen LogP contribution in [-0.4, -0.2) is 19.5 Å². The van der Waals surface area contributed by atoms with Gasteiger partial charge in [-0.25, -0.2) is 0 Å². The molecular formula is C3H7BO2P. The van der Waals surface area contributed by atoms with E-state index in [1.54, 1.807) is 0 Å². The van der Waals surface area contributed by atoms with Crippen molar-refractivity contribution in [2.45, 2.75) is 6.92 Å². The van der Waals surface area contributed by atoms with Crippen LogP contribution in [0.4, 0.5) is 0 Å². The Morgan fingerprint density at radius 1 is 2.00 bits per heavy atom. The lowest BCUT2D eigenvalue weighted by atomic mass is 10.1. The smallest absolute Gasteiger partial charge is 0.377 e. The maximum absolute atomic E-state index is 9.94. The summed E-state index contributed by atoms with van der Waals surface area (Å²) in [6.45, 7) is 1.37. The van der Waals surface area contributed by atoms with Crippen LogP contribution in [0.25, 0.3) is 0 Å². The van der Waals surface area contributed by atoms with Gasteiger partial charge in [0.05, 0.1) is 0 Å². The zero-order valence-corrected chi connectivity index (χ0v) is 5.33. The monoisotopic (exact) mass is 117 g/mol. The molecule has 0 heterocycles. The van der Waals surface area contributed by atoms with E-state index in [0.29, 0.717) is 6.06 Å². The lowest BCUT2D eigenvalue weighted by molar-refractivity contribution is -0.131. The maximum Gasteiger partial charge on any atom is 0.377 e. The van der Waals surface area contributed by atoms with Crippen molar-refractivity contribution in [1.29, 1.82) is 0 Å². The molecule has 39 valence electrons. The molecule has 0 spiro atoms. The van der Waals surface area contributed by atoms with Gasteiger partial charge in [-0.1, -0.05) is 0 Å². The van der Waals surface area contributed by atoms with Gasteiger partial charge in [0.2, 0.25) is 0 Å². The molecule has 0 aromatic carbocycles. The molecule has 0 aliphatic carbocycles. The Hall–Kier alpha value is -0.0351. The fourth-order valence-electron chi connectivity index (χ4n) is 0.165. The highest BCUT2D eigenvalue weighted by molar-refractivity contribution is 7.19. The summed E-state index contributed by atoms with van der Waals surface area (Å²) in [5.41, 5.74) is 0. The van der Waals surface area contributed by atoms with E-state index in [2.05, 4.69) is 13.9 Å². The Labute approximate surface area is 46.1 Å². The molecule has 0 N–H and O–H groups in total. The van der Waals surface area contributed by atoms with Crippen molar-refractivity contribution in [2.24, 2.45) is 0 Å². The second-order valence-corrected chi connectivity index (χ2v) is 1.48. The number of hydrogen-bond acceptors (Lipinski definition) is 2. The molecule has 0 saturated carbocycles. The molecule has 1 radical (unpaired) electrons. The zero-order valence-electron chi connectivity index (χ0n) is 4.18. The topological polar surface area (TPSA) is 26.3 Å². The van der Waals surface area contributed by atoms with E-state index in [4.69, 9.17) is 0 Å². The lowest BCUT2D eigenvalue weighted by Crippen LogP contribution is -2.04. The first-order chi connectivity index (χ1) is 3.27. The van der Waals surface area contributed by atoms with Crippen LogP contribution in [0, 0.1) is 0 Å². The largest absolute Gasteiger partial charge is 0.539 e. The molecule has 0 rings (SSSR count). The van der Waals surface area contributed by atoms with Crippen LogP contribution in [-0.2, 0) is 9.45 Å². The molecule has 0 bridgehead atoms. The van der Waals surface area contributed by atoms with Crippen LogP contribution >= 0.6 is 9.24 Å². The quantitative estimate of drug-likeness (QED) is 0.375. The van der Waals surface area contributed by atoms with Crippen molar-refractivity contribution in [3.8, 4) is 0 Å². The van der Waals surface area contributed by atoms with E-state index in [9.17, 15) is 4.79 Å². The first-order valence-electron chi connectivity index (χ1n) is 1.96. The third kappa shape index (κ3) is 5.96. The fourth-order valence-corrected chi connectivity index (χ4v) is 0.262. The van der Waals surface area contributed by atoms with E-state index in [0.717, 1.165) is 0 Å². The van der Waals surface area contributed by atoms with Crippen molar-refractivity contribution in [3.05, 3.63) is 0 Å². The van der Waals surface area contributed by atoms with Gasteiger partial charge in [-0.15, -0.1) is 9.24 Å². The fraction of sp³-hybridized carbons (Fsp3) is 0.667. The Balaban J connectivity index is 2.82. The summed E-state index contributed by atoms with van der Waals surface area (Å²) < 4.78 is 4.41. The average molecular weight is 117 g/mol. The number of hydrogen-bond donors (Lipinski definition) is 0. The predicted octanol–water partition coefficient (Wildman–Crippen LogP) is 0.00130. The molecule has 0 saturated heterocycles. The van der Waals surface area contributed by atoms with Crippen molar-refractivity contribution in [2.75, 3.05) is 6.06 Å². The number of carbonyl (C=O) groups excluding carboxylic acids is 1. The first kappa shape index (κ1) is 6.96. The minimum absolute atomic E-state index is 0.262. The highest BCUT2D eigenvalue weighted by Crippen LogP contribution is 1.77. The zero-order chi connectivity index (χ0) is 5.70. The summed E-state index contributed by atoms with van der Waals surface area (Å²) in [6.07, 6.45) is 0. The minimum Gasteiger partial charge on any atom is -0.539 e. The normalized spacial score (nSPS) is 7.71. The van der Waals surface area contributed by atoms with Crippen molar-refractivity contribution >= 4 is 22.7 Å². The summed E-state index contributed by atoms with van der Waals surface area (Å²) in [4.78, 5) is 9.94. The van der Waals surface area contributed by atoms with Crippen LogP contribution in [0.3, 0.4) is 0 Å². The molecule has 0 aliphatic rings. The first-order valence-corrected chi connectivity index (χ1v) is 2.78. The average Bonchev–Trinajstić information content (AvgIpc) is 1.61. The van der Waals surface area contributed by atoms with Gasteiger partial charge in [-0.05, 0) is 6.06 Å². The lowest BCUT2D eigenvalue weighted by Gasteiger charge is -1.91. The molecular weight excluding hydrogens is 110 g/mol. The van der Waals surface area contributed by atoms with Gasteiger partial charge in [0.15, 0.2) is 0 Å². The van der Waals surface area contributed by atoms with Gasteiger partial charge in [0.1, 0.15) is 0 Å². The van der Waals surface area contributed by atoms with Crippen LogP contribution in [0.5, 0.6) is 0 Å². The SMILES string of the molecule is CC(=O)O[B]CP. The Morgan fingerprint density at radius 2 is 2.57 bits per heavy atom. The molecule has 0 amide bonds. The van der Waals surface area contributed by atoms with Gasteiger partial charge < -0.3 is 4.65 Å². The van der Waals surface area contributed by atoms with E-state index in [1.807, 2.05) is 0 Å². The van der Waals surface area contributed by atoms with Gasteiger partial charge in [-0.2, -0.15) is 0 Å². The van der Waals surface area contributed by atoms with E-state index in [1.165, 1.54) is 14.4 Å². The van der Waals surface area contributed by atoms with Gasteiger partial charge in [0.25, 0.3) is 5.97 Å². The van der Waals surface area contributed by atoms with Crippen LogP contribution in [0.15, 0.2) is 0 Å². The molecule has 0 fully saturated rings. The summed E-state index contributed by atoms with van der Waals surface area (Å²) >= 11 is 0. The van der Waals surface area contributed by atoms with Crippen LogP contribution < -0.4 is 0 Å². The van der Waals surface area contributed by atoms with Gasteiger partial charge in [-0.3, -0.25) is 4.79 Å². The number of carbonyl (C=O) groups is 1. The second kappa shape index (κ2) is 4.13. The van der Waals surface area contributed by atoms with Crippen molar-refractivity contribution < 1.29 is 9.45 Å². The van der Waals surface area contributed by atoms with Crippen LogP contribution in [0.1, 0.15) is 6.92 Å². The highest BCUT2D eigenvalue weighted by Gasteiger charge is 1.89. The molecule has 1 unspecified atom stereocenters. The molecule has 0 aliphatic heterocycles. The second-order valence-electron chi connectivity index (χ2n) is 1.01. The minimum atomic E-state index is -0.262. The third-order valence-corrected chi connectivity index (χ3v) is 0.538. The summed E-state index contributed by atoms with van der Waals surface area (Å²) in [7, 11) is 3.85. The molecule has 7 heavy (non-hydrogen) atoms. The maximum atomic E-state index is 9.94. The van der Waals surface area contributed by atoms with Crippen molar-refractivity contribution in [3.63, 3.8) is 0 Å². The molecule has 0 aromatic heterocycles. The molecule has 2 nitrogen and oxygen atoms in total. The molecule has 4 heteroatoms. The predicted molar refractivity (Wildman–Crippen MR) is 32.1 cm³/mol. The van der Waals surface area contributed by atoms with Gasteiger partial charge in [0, 0.05) is 6.92 Å². The Kier molecular flexibility index (Phi) is 4.11.